The van der Waals surface area contributed by atoms with Gasteiger partial charge < -0.3 is 14.1 Å². The molecule has 0 aliphatic carbocycles. The van der Waals surface area contributed by atoms with E-state index in [4.69, 9.17) is 4.42 Å². The Balaban J connectivity index is 1.83. The molecule has 3 rings (SSSR count). The Bertz CT molecular complexity index is 627. The predicted molar refractivity (Wildman–Crippen MR) is 64.9 cm³/mol. The summed E-state index contributed by atoms with van der Waals surface area (Å²) in [6.07, 6.45) is 6.95. The Hall–Kier alpha value is -2.56. The third-order valence-corrected chi connectivity index (χ3v) is 2.57. The number of oxazole rings is 1. The summed E-state index contributed by atoms with van der Waals surface area (Å²) in [5, 5.41) is 9.22. The molecule has 5 nitrogen and oxygen atoms in total. The van der Waals surface area contributed by atoms with Gasteiger partial charge in [-0.3, -0.25) is 0 Å². The fourth-order valence-corrected chi connectivity index (χ4v) is 1.68. The van der Waals surface area contributed by atoms with Crippen LogP contribution in [0.1, 0.15) is 5.69 Å². The molecule has 1 N–H and O–H groups in total. The monoisotopic (exact) mass is 241 g/mol. The molecular weight excluding hydrogens is 230 g/mol. The van der Waals surface area contributed by atoms with Crippen LogP contribution >= 0.6 is 0 Å². The second-order valence-corrected chi connectivity index (χ2v) is 3.93. The maximum Gasteiger partial charge on any atom is 0.226 e. The van der Waals surface area contributed by atoms with Gasteiger partial charge in [0.2, 0.25) is 5.89 Å². The van der Waals surface area contributed by atoms with E-state index >= 15 is 0 Å². The van der Waals surface area contributed by atoms with Crippen LogP contribution in [0.15, 0.2) is 53.7 Å². The molecule has 0 unspecified atom stereocenters. The zero-order valence-electron chi connectivity index (χ0n) is 9.52. The van der Waals surface area contributed by atoms with Gasteiger partial charge in [-0.1, -0.05) is 0 Å². The summed E-state index contributed by atoms with van der Waals surface area (Å²) >= 11 is 0. The summed E-state index contributed by atoms with van der Waals surface area (Å²) in [4.78, 5) is 8.36. The first-order chi connectivity index (χ1) is 8.81. The number of aromatic nitrogens is 3. The Kier molecular flexibility index (Phi) is 2.57. The summed E-state index contributed by atoms with van der Waals surface area (Å²) in [5.74, 6) is 0.772. The number of hydrogen-bond donors (Lipinski definition) is 1. The molecule has 0 aliphatic rings. The highest BCUT2D eigenvalue weighted by Gasteiger charge is 2.06. The maximum atomic E-state index is 9.22. The number of hydrogen-bond acceptors (Lipinski definition) is 4. The van der Waals surface area contributed by atoms with E-state index in [-0.39, 0.29) is 5.75 Å². The fourth-order valence-electron chi connectivity index (χ4n) is 1.68. The van der Waals surface area contributed by atoms with E-state index < -0.39 is 0 Å². The summed E-state index contributed by atoms with van der Waals surface area (Å²) in [6.45, 7) is 0.627. The van der Waals surface area contributed by atoms with Gasteiger partial charge in [0.25, 0.3) is 0 Å². The third-order valence-electron chi connectivity index (χ3n) is 2.57. The van der Waals surface area contributed by atoms with Crippen molar-refractivity contribution in [2.45, 2.75) is 6.54 Å². The van der Waals surface area contributed by atoms with Gasteiger partial charge in [-0.05, 0) is 24.3 Å². The van der Waals surface area contributed by atoms with Crippen molar-refractivity contribution < 1.29 is 9.52 Å². The van der Waals surface area contributed by atoms with E-state index in [1.165, 1.54) is 0 Å². The van der Waals surface area contributed by atoms with Crippen molar-refractivity contribution in [3.63, 3.8) is 0 Å². The molecule has 2 heterocycles. The quantitative estimate of drug-likeness (QED) is 0.764. The molecule has 0 spiro atoms. The summed E-state index contributed by atoms with van der Waals surface area (Å²) in [7, 11) is 0. The van der Waals surface area contributed by atoms with Crippen molar-refractivity contribution >= 4 is 0 Å². The molecule has 0 bridgehead atoms. The van der Waals surface area contributed by atoms with Gasteiger partial charge in [-0.2, -0.15) is 0 Å². The number of benzene rings is 1. The van der Waals surface area contributed by atoms with Crippen LogP contribution in [0.4, 0.5) is 0 Å². The summed E-state index contributed by atoms with van der Waals surface area (Å²) in [5.41, 5.74) is 1.67. The zero-order chi connectivity index (χ0) is 12.4. The van der Waals surface area contributed by atoms with Crippen molar-refractivity contribution in [3.05, 3.63) is 54.9 Å². The van der Waals surface area contributed by atoms with Gasteiger partial charge in [0.1, 0.15) is 12.0 Å². The first-order valence-corrected chi connectivity index (χ1v) is 5.51. The third kappa shape index (κ3) is 2.10. The van der Waals surface area contributed by atoms with Crippen molar-refractivity contribution in [1.82, 2.24) is 14.5 Å². The van der Waals surface area contributed by atoms with E-state index in [0.29, 0.717) is 12.4 Å². The predicted octanol–water partition coefficient (Wildman–Crippen LogP) is 2.29. The van der Waals surface area contributed by atoms with Crippen molar-refractivity contribution in [2.24, 2.45) is 0 Å². The number of phenolic OH excluding ortho intramolecular Hbond substituents is 1. The highest BCUT2D eigenvalue weighted by atomic mass is 16.3. The van der Waals surface area contributed by atoms with Crippen molar-refractivity contribution in [2.75, 3.05) is 0 Å². The van der Waals surface area contributed by atoms with Crippen LogP contribution in [0.25, 0.3) is 11.5 Å². The summed E-state index contributed by atoms with van der Waals surface area (Å²) < 4.78 is 7.33. The number of aromatic hydroxyl groups is 1. The van der Waals surface area contributed by atoms with Gasteiger partial charge >= 0.3 is 0 Å². The molecular formula is C13H11N3O2. The van der Waals surface area contributed by atoms with Crippen LogP contribution in [0.3, 0.4) is 0 Å². The maximum absolute atomic E-state index is 9.22. The van der Waals surface area contributed by atoms with E-state index in [2.05, 4.69) is 9.97 Å². The summed E-state index contributed by atoms with van der Waals surface area (Å²) in [6, 6.07) is 6.74. The van der Waals surface area contributed by atoms with Crippen LogP contribution in [0.5, 0.6) is 5.75 Å². The minimum Gasteiger partial charge on any atom is -0.508 e. The Morgan fingerprint density at radius 3 is 2.78 bits per heavy atom. The van der Waals surface area contributed by atoms with E-state index in [0.717, 1.165) is 11.3 Å². The highest BCUT2D eigenvalue weighted by Crippen LogP contribution is 2.21. The van der Waals surface area contributed by atoms with Crippen molar-refractivity contribution in [3.8, 4) is 17.2 Å². The standard InChI is InChI=1S/C13H11N3O2/c17-12-3-1-10(2-4-12)13-15-11(8-18-13)7-16-6-5-14-9-16/h1-6,8-9,17H,7H2. The molecule has 0 saturated carbocycles. The molecule has 0 saturated heterocycles. The number of rotatable bonds is 3. The molecule has 0 atom stereocenters. The van der Waals surface area contributed by atoms with Crippen LogP contribution in [0.2, 0.25) is 0 Å². The minimum absolute atomic E-state index is 0.226. The van der Waals surface area contributed by atoms with Gasteiger partial charge in [0.05, 0.1) is 18.6 Å². The molecule has 5 heteroatoms. The number of phenols is 1. The van der Waals surface area contributed by atoms with E-state index in [1.54, 1.807) is 43.1 Å². The van der Waals surface area contributed by atoms with Crippen LogP contribution < -0.4 is 0 Å². The minimum atomic E-state index is 0.226. The second-order valence-electron chi connectivity index (χ2n) is 3.93. The lowest BCUT2D eigenvalue weighted by molar-refractivity contribution is 0.475. The smallest absolute Gasteiger partial charge is 0.226 e. The van der Waals surface area contributed by atoms with E-state index in [1.807, 2.05) is 10.8 Å². The van der Waals surface area contributed by atoms with Gasteiger partial charge in [0.15, 0.2) is 0 Å². The second kappa shape index (κ2) is 4.37. The number of nitrogens with zero attached hydrogens (tertiary/aromatic N) is 3. The Morgan fingerprint density at radius 2 is 2.06 bits per heavy atom. The van der Waals surface area contributed by atoms with E-state index in [9.17, 15) is 5.11 Å². The van der Waals surface area contributed by atoms with Gasteiger partial charge in [-0.25, -0.2) is 9.97 Å². The Morgan fingerprint density at radius 1 is 1.22 bits per heavy atom. The largest absolute Gasteiger partial charge is 0.508 e. The average Bonchev–Trinajstić information content (AvgIpc) is 3.02. The first-order valence-electron chi connectivity index (χ1n) is 5.51. The lowest BCUT2D eigenvalue weighted by Gasteiger charge is -1.96. The Labute approximate surface area is 103 Å². The average molecular weight is 241 g/mol. The molecule has 2 aromatic heterocycles. The van der Waals surface area contributed by atoms with Crippen molar-refractivity contribution in [1.29, 1.82) is 0 Å². The molecule has 0 radical (unpaired) electrons. The van der Waals surface area contributed by atoms with Gasteiger partial charge in [-0.15, -0.1) is 0 Å². The van der Waals surface area contributed by atoms with Crippen LogP contribution in [-0.4, -0.2) is 19.6 Å². The SMILES string of the molecule is Oc1ccc(-c2nc(Cn3ccnc3)co2)cc1. The van der Waals surface area contributed by atoms with Gasteiger partial charge in [0, 0.05) is 18.0 Å². The molecule has 0 amide bonds. The molecule has 0 aliphatic heterocycles. The first kappa shape index (κ1) is 10.6. The lowest BCUT2D eigenvalue weighted by Crippen LogP contribution is -1.96. The molecule has 0 fully saturated rings. The molecule has 90 valence electrons. The van der Waals surface area contributed by atoms with Crippen LogP contribution in [0, 0.1) is 0 Å². The molecule has 1 aromatic carbocycles. The fraction of sp³-hybridized carbons (Fsp3) is 0.0769. The molecule has 3 aromatic rings. The normalized spacial score (nSPS) is 10.7. The van der Waals surface area contributed by atoms with Crippen LogP contribution in [-0.2, 0) is 6.54 Å². The zero-order valence-corrected chi connectivity index (χ0v) is 9.52. The molecule has 18 heavy (non-hydrogen) atoms. The topological polar surface area (TPSA) is 64.1 Å². The highest BCUT2D eigenvalue weighted by molar-refractivity contribution is 5.54. The number of imidazole rings is 1. The lowest BCUT2D eigenvalue weighted by atomic mass is 10.2.